The molecule has 0 amide bonds. The second kappa shape index (κ2) is 6.28. The molecular weight excluding hydrogens is 289 g/mol. The predicted molar refractivity (Wildman–Crippen MR) is 70.7 cm³/mol. The number of aliphatic hydroxyl groups excluding tert-OH is 1. The molecule has 0 spiro atoms. The highest BCUT2D eigenvalue weighted by molar-refractivity contribution is 7.09. The van der Waals surface area contributed by atoms with E-state index in [4.69, 9.17) is 0 Å². The van der Waals surface area contributed by atoms with Crippen molar-refractivity contribution < 1.29 is 23.0 Å². The van der Waals surface area contributed by atoms with E-state index in [1.807, 2.05) is 17.5 Å². The number of benzene rings is 1. The Morgan fingerprint density at radius 2 is 1.85 bits per heavy atom. The Kier molecular flexibility index (Phi) is 4.67. The third kappa shape index (κ3) is 4.54. The Morgan fingerprint density at radius 1 is 1.15 bits per heavy atom. The molecular formula is C14H13F3O2S. The first kappa shape index (κ1) is 14.9. The highest BCUT2D eigenvalue weighted by Crippen LogP contribution is 2.26. The number of hydrogen-bond donors (Lipinski definition) is 1. The lowest BCUT2D eigenvalue weighted by Crippen LogP contribution is -2.17. The van der Waals surface area contributed by atoms with Crippen molar-refractivity contribution in [2.45, 2.75) is 25.3 Å². The van der Waals surface area contributed by atoms with Crippen LogP contribution in [0.5, 0.6) is 5.75 Å². The minimum absolute atomic E-state index is 0.285. The summed E-state index contributed by atoms with van der Waals surface area (Å²) < 4.78 is 39.8. The number of aryl methyl sites for hydroxylation is 1. The molecule has 0 saturated heterocycles. The molecule has 0 radical (unpaired) electrons. The zero-order chi connectivity index (χ0) is 14.6. The quantitative estimate of drug-likeness (QED) is 0.891. The summed E-state index contributed by atoms with van der Waals surface area (Å²) in [6, 6.07) is 9.22. The van der Waals surface area contributed by atoms with Gasteiger partial charge in [-0.15, -0.1) is 24.5 Å². The van der Waals surface area contributed by atoms with E-state index in [0.29, 0.717) is 12.0 Å². The Morgan fingerprint density at radius 3 is 2.40 bits per heavy atom. The second-order valence-corrected chi connectivity index (χ2v) is 5.28. The summed E-state index contributed by atoms with van der Waals surface area (Å²) in [5, 5.41) is 11.9. The van der Waals surface area contributed by atoms with Crippen LogP contribution in [0.15, 0.2) is 41.8 Å². The van der Waals surface area contributed by atoms with E-state index in [-0.39, 0.29) is 5.75 Å². The summed E-state index contributed by atoms with van der Waals surface area (Å²) in [7, 11) is 0. The van der Waals surface area contributed by atoms with Gasteiger partial charge >= 0.3 is 6.36 Å². The number of aliphatic hydroxyl groups is 1. The smallest absolute Gasteiger partial charge is 0.406 e. The predicted octanol–water partition coefficient (Wildman–Crippen LogP) is 4.31. The summed E-state index contributed by atoms with van der Waals surface area (Å²) in [6.07, 6.45) is -4.13. The van der Waals surface area contributed by atoms with Crippen LogP contribution in [0.1, 0.15) is 23.0 Å². The van der Waals surface area contributed by atoms with Crippen LogP contribution in [0.4, 0.5) is 13.2 Å². The van der Waals surface area contributed by atoms with E-state index < -0.39 is 12.5 Å². The lowest BCUT2D eigenvalue weighted by molar-refractivity contribution is -0.274. The Balaban J connectivity index is 1.91. The summed E-state index contributed by atoms with van der Waals surface area (Å²) in [5.41, 5.74) is 0.580. The van der Waals surface area contributed by atoms with Crippen LogP contribution in [-0.2, 0) is 6.42 Å². The van der Waals surface area contributed by atoms with Gasteiger partial charge in [0.2, 0.25) is 0 Å². The summed E-state index contributed by atoms with van der Waals surface area (Å²) in [6.45, 7) is 0. The molecule has 1 aromatic carbocycles. The molecule has 1 aromatic heterocycles. The fraction of sp³-hybridized carbons (Fsp3) is 0.286. The van der Waals surface area contributed by atoms with Crippen LogP contribution < -0.4 is 4.74 Å². The van der Waals surface area contributed by atoms with Gasteiger partial charge in [0, 0.05) is 4.88 Å². The van der Waals surface area contributed by atoms with Gasteiger partial charge in [0.15, 0.2) is 0 Å². The van der Waals surface area contributed by atoms with Crippen LogP contribution in [0.25, 0.3) is 0 Å². The molecule has 2 nitrogen and oxygen atoms in total. The molecule has 1 heterocycles. The summed E-state index contributed by atoms with van der Waals surface area (Å²) in [5.74, 6) is -0.285. The molecule has 1 atom stereocenters. The maximum Gasteiger partial charge on any atom is 0.573 e. The second-order valence-electron chi connectivity index (χ2n) is 4.25. The highest BCUT2D eigenvalue weighted by atomic mass is 32.1. The molecule has 1 unspecified atom stereocenters. The van der Waals surface area contributed by atoms with Crippen molar-refractivity contribution in [2.24, 2.45) is 0 Å². The summed E-state index contributed by atoms with van der Waals surface area (Å²) in [4.78, 5) is 1.17. The fourth-order valence-corrected chi connectivity index (χ4v) is 2.52. The number of rotatable bonds is 5. The average Bonchev–Trinajstić information content (AvgIpc) is 2.88. The van der Waals surface area contributed by atoms with Crippen molar-refractivity contribution in [2.75, 3.05) is 0 Å². The zero-order valence-electron chi connectivity index (χ0n) is 10.4. The number of thiophene rings is 1. The lowest BCUT2D eigenvalue weighted by atomic mass is 10.0. The van der Waals surface area contributed by atoms with Crippen LogP contribution >= 0.6 is 11.3 Å². The normalized spacial score (nSPS) is 13.2. The topological polar surface area (TPSA) is 29.5 Å². The molecule has 0 aliphatic rings. The van der Waals surface area contributed by atoms with E-state index >= 15 is 0 Å². The fourth-order valence-electron chi connectivity index (χ4n) is 1.79. The van der Waals surface area contributed by atoms with Gasteiger partial charge in [0.05, 0.1) is 6.10 Å². The van der Waals surface area contributed by atoms with Crippen LogP contribution in [-0.4, -0.2) is 11.5 Å². The maximum atomic E-state index is 12.0. The van der Waals surface area contributed by atoms with E-state index in [1.165, 1.54) is 29.1 Å². The molecule has 0 aliphatic carbocycles. The molecule has 0 saturated carbocycles. The molecule has 0 bridgehead atoms. The van der Waals surface area contributed by atoms with Crippen LogP contribution in [0.3, 0.4) is 0 Å². The van der Waals surface area contributed by atoms with Crippen LogP contribution in [0.2, 0.25) is 0 Å². The first-order valence-corrected chi connectivity index (χ1v) is 6.88. The van der Waals surface area contributed by atoms with Gasteiger partial charge < -0.3 is 9.84 Å². The third-order valence-corrected chi connectivity index (χ3v) is 3.68. The van der Waals surface area contributed by atoms with E-state index in [2.05, 4.69) is 4.74 Å². The Bertz CT molecular complexity index is 520. The van der Waals surface area contributed by atoms with Crippen molar-refractivity contribution in [3.8, 4) is 5.75 Å². The van der Waals surface area contributed by atoms with Gasteiger partial charge in [-0.3, -0.25) is 0 Å². The minimum atomic E-state index is -4.70. The summed E-state index contributed by atoms with van der Waals surface area (Å²) >= 11 is 1.61. The highest BCUT2D eigenvalue weighted by Gasteiger charge is 2.31. The van der Waals surface area contributed by atoms with Crippen molar-refractivity contribution in [1.82, 2.24) is 0 Å². The lowest BCUT2D eigenvalue weighted by Gasteiger charge is -2.12. The monoisotopic (exact) mass is 302 g/mol. The first-order chi connectivity index (χ1) is 9.44. The number of ether oxygens (including phenoxy) is 1. The standard InChI is InChI=1S/C14H13F3O2S/c15-14(16,17)19-11-5-3-10(4-6-11)13(18)8-7-12-2-1-9-20-12/h1-6,9,13,18H,7-8H2. The van der Waals surface area contributed by atoms with Gasteiger partial charge in [-0.1, -0.05) is 18.2 Å². The van der Waals surface area contributed by atoms with E-state index in [1.54, 1.807) is 11.3 Å². The van der Waals surface area contributed by atoms with Crippen molar-refractivity contribution in [3.05, 3.63) is 52.2 Å². The minimum Gasteiger partial charge on any atom is -0.406 e. The number of halogens is 3. The van der Waals surface area contributed by atoms with E-state index in [0.717, 1.165) is 6.42 Å². The largest absolute Gasteiger partial charge is 0.573 e. The Hall–Kier alpha value is -1.53. The molecule has 108 valence electrons. The van der Waals surface area contributed by atoms with Crippen molar-refractivity contribution in [1.29, 1.82) is 0 Å². The van der Waals surface area contributed by atoms with Gasteiger partial charge in [-0.2, -0.15) is 0 Å². The van der Waals surface area contributed by atoms with Crippen molar-refractivity contribution in [3.63, 3.8) is 0 Å². The van der Waals surface area contributed by atoms with E-state index in [9.17, 15) is 18.3 Å². The molecule has 1 N–H and O–H groups in total. The third-order valence-electron chi connectivity index (χ3n) is 2.74. The number of alkyl halides is 3. The van der Waals surface area contributed by atoms with Gasteiger partial charge in [-0.05, 0) is 42.0 Å². The maximum absolute atomic E-state index is 12.0. The van der Waals surface area contributed by atoms with Gasteiger partial charge in [0.1, 0.15) is 5.75 Å². The molecule has 6 heteroatoms. The zero-order valence-corrected chi connectivity index (χ0v) is 11.2. The molecule has 0 fully saturated rings. The average molecular weight is 302 g/mol. The molecule has 2 rings (SSSR count). The molecule has 2 aromatic rings. The van der Waals surface area contributed by atoms with Gasteiger partial charge in [-0.25, -0.2) is 0 Å². The molecule has 0 aliphatic heterocycles. The first-order valence-electron chi connectivity index (χ1n) is 6.00. The van der Waals surface area contributed by atoms with Crippen molar-refractivity contribution >= 4 is 11.3 Å². The SMILES string of the molecule is OC(CCc1cccs1)c1ccc(OC(F)(F)F)cc1. The molecule has 20 heavy (non-hydrogen) atoms. The van der Waals surface area contributed by atoms with Crippen LogP contribution in [0, 0.1) is 0 Å². The number of hydrogen-bond acceptors (Lipinski definition) is 3. The van der Waals surface area contributed by atoms with Gasteiger partial charge in [0.25, 0.3) is 0 Å². The Labute approximate surface area is 118 Å².